The Balaban J connectivity index is 0.867. The molecular weight excluding hydrogens is 911 g/mol. The van der Waals surface area contributed by atoms with E-state index in [0.717, 1.165) is 24.7 Å². The number of nitrogens with two attached hydrogens (primary N) is 2. The van der Waals surface area contributed by atoms with Gasteiger partial charge in [-0.05, 0) is 152 Å². The van der Waals surface area contributed by atoms with Crippen LogP contribution < -0.4 is 43.4 Å². The van der Waals surface area contributed by atoms with E-state index in [0.29, 0.717) is 120 Å². The average Bonchev–Trinajstić information content (AvgIpc) is 3.85. The van der Waals surface area contributed by atoms with Gasteiger partial charge in [-0.15, -0.1) is 0 Å². The highest BCUT2D eigenvalue weighted by molar-refractivity contribution is 5.97. The SMILES string of the molecule is CC(C)C[C@H](NC(=O)[C@@H]1C[C@@H](CN=C(N)NC2C3CC4CC(C3)CC2C4)CN1)C(=O)N1CCC[C@H]1C(=O)N1CCC[C@H]1C(=O)N[C@@H](CCCN=C(N)NC1CC1)C(=O)N1CCC[C@H]1C(=O)N[C@@H](C)C(=O)O. The summed E-state index contributed by atoms with van der Waals surface area (Å²) in [5.74, 6) is 0.361. The lowest BCUT2D eigenvalue weighted by Gasteiger charge is -2.54. The molecule has 4 aliphatic heterocycles. The molecular formula is C50H81N13O8. The maximum absolute atomic E-state index is 14.6. The van der Waals surface area contributed by atoms with Crippen LogP contribution in [0.4, 0.5) is 0 Å². The van der Waals surface area contributed by atoms with Gasteiger partial charge in [-0.25, -0.2) is 0 Å². The van der Waals surface area contributed by atoms with Crippen molar-refractivity contribution in [3.05, 3.63) is 0 Å². The number of nitrogens with zero attached hydrogens (tertiary/aromatic N) is 5. The molecule has 4 saturated heterocycles. The van der Waals surface area contributed by atoms with Gasteiger partial charge in [0, 0.05) is 51.4 Å². The predicted octanol–water partition coefficient (Wildman–Crippen LogP) is 0.118. The molecule has 11 N–H and O–H groups in total. The summed E-state index contributed by atoms with van der Waals surface area (Å²) in [6.07, 6.45) is 12.8. The molecule has 21 heteroatoms. The lowest BCUT2D eigenvalue weighted by molar-refractivity contribution is -0.148. The van der Waals surface area contributed by atoms with Gasteiger partial charge in [0.25, 0.3) is 0 Å². The van der Waals surface area contributed by atoms with E-state index < -0.39 is 66.0 Å². The van der Waals surface area contributed by atoms with Crippen LogP contribution >= 0.6 is 0 Å². The molecule has 4 heterocycles. The molecule has 6 amide bonds. The fourth-order valence-electron chi connectivity index (χ4n) is 13.1. The zero-order valence-corrected chi connectivity index (χ0v) is 42.1. The van der Waals surface area contributed by atoms with Gasteiger partial charge in [0.2, 0.25) is 35.4 Å². The van der Waals surface area contributed by atoms with E-state index in [1.807, 2.05) is 13.8 Å². The first-order chi connectivity index (χ1) is 34.0. The highest BCUT2D eigenvalue weighted by Gasteiger charge is 2.49. The van der Waals surface area contributed by atoms with E-state index >= 15 is 0 Å². The maximum atomic E-state index is 14.6. The molecule has 0 spiro atoms. The number of likely N-dealkylation sites (tertiary alicyclic amines) is 3. The molecule has 0 aromatic heterocycles. The summed E-state index contributed by atoms with van der Waals surface area (Å²) < 4.78 is 0. The standard InChI is InChI=1S/C50H81N13O8/c1-27(2)18-37(59-42(64)36-24-31(25-54-36)26-55-50(52)60-41-32-20-29-19-30(22-32)23-33(41)21-29)46(68)63-17-7-11-40(63)47(69)62-16-6-10-39(62)44(66)58-35(8-4-14-53-49(51)57-34-12-13-34)45(67)61-15-5-9-38(61)43(65)56-28(3)48(70)71/h27-41,54H,4-26H2,1-3H3,(H,56,65)(H,58,66)(H,59,64)(H,70,71)(H3,51,53,57)(H3,52,55,60)/t28-,29?,30?,31+,32?,33?,35-,36-,37-,38-,39-,40-,41?/m0/s1. The Morgan fingerprint density at radius 1 is 0.662 bits per heavy atom. The van der Waals surface area contributed by atoms with Crippen LogP contribution in [0.1, 0.15) is 130 Å². The van der Waals surface area contributed by atoms with Crippen molar-refractivity contribution in [2.24, 2.45) is 57.0 Å². The van der Waals surface area contributed by atoms with Gasteiger partial charge in [-0.3, -0.25) is 43.5 Å². The molecule has 8 atom stereocenters. The van der Waals surface area contributed by atoms with E-state index in [1.54, 1.807) is 4.90 Å². The van der Waals surface area contributed by atoms with Gasteiger partial charge in [-0.2, -0.15) is 0 Å². The number of amides is 6. The first-order valence-electron chi connectivity index (χ1n) is 26.9. The number of carboxylic acid groups (broad SMARTS) is 1. The lowest BCUT2D eigenvalue weighted by Crippen LogP contribution is -2.59. The van der Waals surface area contributed by atoms with E-state index in [1.165, 1.54) is 48.8 Å². The molecule has 5 aliphatic carbocycles. The average molecular weight is 992 g/mol. The number of hydrogen-bond donors (Lipinski definition) is 9. The second kappa shape index (κ2) is 23.1. The molecule has 9 aliphatic rings. The Bertz CT molecular complexity index is 2020. The molecule has 4 bridgehead atoms. The lowest BCUT2D eigenvalue weighted by atomic mass is 9.54. The molecule has 5 saturated carbocycles. The Hall–Kier alpha value is -5.21. The van der Waals surface area contributed by atoms with Crippen LogP contribution in [0.15, 0.2) is 9.98 Å². The highest BCUT2D eigenvalue weighted by atomic mass is 16.4. The monoisotopic (exact) mass is 992 g/mol. The van der Waals surface area contributed by atoms with Crippen LogP contribution in [0.3, 0.4) is 0 Å². The fourth-order valence-corrected chi connectivity index (χ4v) is 13.1. The second-order valence-corrected chi connectivity index (χ2v) is 22.6. The van der Waals surface area contributed by atoms with Gasteiger partial charge in [0.1, 0.15) is 36.3 Å². The van der Waals surface area contributed by atoms with Gasteiger partial charge in [0.05, 0.1) is 6.04 Å². The number of rotatable bonds is 20. The number of carbonyl (C=O) groups is 7. The van der Waals surface area contributed by atoms with E-state index in [4.69, 9.17) is 16.5 Å². The zero-order chi connectivity index (χ0) is 50.5. The van der Waals surface area contributed by atoms with Crippen LogP contribution in [0.2, 0.25) is 0 Å². The van der Waals surface area contributed by atoms with Crippen molar-refractivity contribution >= 4 is 53.3 Å². The number of nitrogens with one attached hydrogen (secondary N) is 6. The Labute approximate surface area is 418 Å². The summed E-state index contributed by atoms with van der Waals surface area (Å²) in [5, 5.41) is 27.9. The molecule has 9 fully saturated rings. The van der Waals surface area contributed by atoms with Crippen LogP contribution in [-0.2, 0) is 33.6 Å². The molecule has 0 radical (unpaired) electrons. The fraction of sp³-hybridized carbons (Fsp3) is 0.820. The number of hydrogen-bond acceptors (Lipinski definition) is 10. The number of aliphatic imine (C=N–C) groups is 2. The summed E-state index contributed by atoms with van der Waals surface area (Å²) in [6, 6.07) is -5.50. The minimum atomic E-state index is -1.20. The number of aliphatic carboxylic acids is 1. The topological polar surface area (TPSA) is 298 Å². The van der Waals surface area contributed by atoms with E-state index in [2.05, 4.69) is 36.9 Å². The Morgan fingerprint density at radius 2 is 1.23 bits per heavy atom. The molecule has 0 aromatic carbocycles. The summed E-state index contributed by atoms with van der Waals surface area (Å²) >= 11 is 0. The van der Waals surface area contributed by atoms with Gasteiger partial charge in [-0.1, -0.05) is 13.8 Å². The molecule has 394 valence electrons. The van der Waals surface area contributed by atoms with Gasteiger partial charge in [0.15, 0.2) is 11.9 Å². The summed E-state index contributed by atoms with van der Waals surface area (Å²) in [6.45, 7) is 7.58. The summed E-state index contributed by atoms with van der Waals surface area (Å²) in [5.41, 5.74) is 12.5. The van der Waals surface area contributed by atoms with Crippen molar-refractivity contribution in [3.63, 3.8) is 0 Å². The minimum absolute atomic E-state index is 0.0639. The third-order valence-corrected chi connectivity index (χ3v) is 16.6. The largest absolute Gasteiger partial charge is 0.480 e. The molecule has 9 rings (SSSR count). The van der Waals surface area contributed by atoms with Crippen LogP contribution in [0.25, 0.3) is 0 Å². The number of carboxylic acids is 1. The van der Waals surface area contributed by atoms with Crippen molar-refractivity contribution in [1.82, 2.24) is 46.6 Å². The predicted molar refractivity (Wildman–Crippen MR) is 265 cm³/mol. The number of guanidine groups is 2. The Kier molecular flexibility index (Phi) is 17.0. The van der Waals surface area contributed by atoms with Crippen molar-refractivity contribution in [2.45, 2.75) is 184 Å². The normalized spacial score (nSPS) is 31.6. The zero-order valence-electron chi connectivity index (χ0n) is 42.1. The quantitative estimate of drug-likeness (QED) is 0.0446. The van der Waals surface area contributed by atoms with Crippen molar-refractivity contribution in [1.29, 1.82) is 0 Å². The maximum Gasteiger partial charge on any atom is 0.325 e. The van der Waals surface area contributed by atoms with Crippen molar-refractivity contribution in [3.8, 4) is 0 Å². The Morgan fingerprint density at radius 3 is 1.86 bits per heavy atom. The number of carbonyl (C=O) groups excluding carboxylic acids is 6. The summed E-state index contributed by atoms with van der Waals surface area (Å²) in [4.78, 5) is 110. The van der Waals surface area contributed by atoms with Crippen molar-refractivity contribution < 1.29 is 38.7 Å². The molecule has 71 heavy (non-hydrogen) atoms. The van der Waals surface area contributed by atoms with Gasteiger partial charge < -0.3 is 63.2 Å². The van der Waals surface area contributed by atoms with E-state index in [-0.39, 0.29) is 49.1 Å². The van der Waals surface area contributed by atoms with E-state index in [9.17, 15) is 38.7 Å². The molecule has 21 nitrogen and oxygen atoms in total. The third-order valence-electron chi connectivity index (χ3n) is 16.6. The summed E-state index contributed by atoms with van der Waals surface area (Å²) in [7, 11) is 0. The van der Waals surface area contributed by atoms with Crippen LogP contribution in [0, 0.1) is 35.5 Å². The smallest absolute Gasteiger partial charge is 0.325 e. The van der Waals surface area contributed by atoms with Crippen LogP contribution in [-0.4, -0.2) is 167 Å². The van der Waals surface area contributed by atoms with Crippen LogP contribution in [0.5, 0.6) is 0 Å². The highest BCUT2D eigenvalue weighted by Crippen LogP contribution is 2.53. The second-order valence-electron chi connectivity index (χ2n) is 22.6. The molecule has 0 aromatic rings. The minimum Gasteiger partial charge on any atom is -0.480 e. The molecule has 0 unspecified atom stereocenters. The first kappa shape index (κ1) is 52.1. The first-order valence-corrected chi connectivity index (χ1v) is 26.9. The third kappa shape index (κ3) is 12.9. The van der Waals surface area contributed by atoms with Crippen molar-refractivity contribution in [2.75, 3.05) is 39.3 Å². The van der Waals surface area contributed by atoms with Gasteiger partial charge >= 0.3 is 5.97 Å².